The Morgan fingerprint density at radius 1 is 0.867 bits per heavy atom. The molecule has 0 atom stereocenters. The third-order valence-corrected chi connectivity index (χ3v) is 8.85. The smallest absolute Gasteiger partial charge is 0.243 e. The van der Waals surface area contributed by atoms with E-state index in [9.17, 15) is 16.8 Å². The Hall–Kier alpha value is -1.94. The van der Waals surface area contributed by atoms with Crippen LogP contribution in [-0.2, 0) is 26.6 Å². The van der Waals surface area contributed by atoms with E-state index in [4.69, 9.17) is 4.74 Å². The second kappa shape index (κ2) is 9.47. The van der Waals surface area contributed by atoms with Crippen molar-refractivity contribution in [2.24, 2.45) is 0 Å². The number of nitrogens with zero attached hydrogens (tertiary/aromatic N) is 2. The topological polar surface area (TPSA) is 84.0 Å². The van der Waals surface area contributed by atoms with Crippen LogP contribution in [0, 0.1) is 0 Å². The van der Waals surface area contributed by atoms with Gasteiger partial charge >= 0.3 is 0 Å². The van der Waals surface area contributed by atoms with E-state index < -0.39 is 20.0 Å². The summed E-state index contributed by atoms with van der Waals surface area (Å²) in [4.78, 5) is 0.186. The van der Waals surface area contributed by atoms with Crippen LogP contribution in [0.15, 0.2) is 58.3 Å². The molecule has 0 aliphatic carbocycles. The van der Waals surface area contributed by atoms with E-state index >= 15 is 0 Å². The molecule has 3 rings (SSSR count). The van der Waals surface area contributed by atoms with Gasteiger partial charge in [-0.3, -0.25) is 0 Å². The standard InChI is InChI=1S/C21H28N2O5S2/c1-3-28-19-9-7-18(8-10-19)17-22(2)29(24,25)20-11-13-21(14-12-20)30(26,27)23-15-5-4-6-16-23/h7-14H,3-6,15-17H2,1-2H3. The van der Waals surface area contributed by atoms with Crippen molar-refractivity contribution in [1.82, 2.24) is 8.61 Å². The molecular formula is C21H28N2O5S2. The highest BCUT2D eigenvalue weighted by molar-refractivity contribution is 7.89. The molecule has 2 aromatic carbocycles. The van der Waals surface area contributed by atoms with Gasteiger partial charge in [0, 0.05) is 26.7 Å². The summed E-state index contributed by atoms with van der Waals surface area (Å²) in [6.07, 6.45) is 2.73. The van der Waals surface area contributed by atoms with Crippen molar-refractivity contribution in [3.8, 4) is 5.75 Å². The Morgan fingerprint density at radius 3 is 2.00 bits per heavy atom. The highest BCUT2D eigenvalue weighted by Gasteiger charge is 2.27. The average molecular weight is 453 g/mol. The zero-order valence-corrected chi connectivity index (χ0v) is 19.0. The molecule has 7 nitrogen and oxygen atoms in total. The Kier molecular flexibility index (Phi) is 7.18. The first kappa shape index (κ1) is 22.7. The Labute approximate surface area is 179 Å². The summed E-state index contributed by atoms with van der Waals surface area (Å²) in [6, 6.07) is 12.7. The van der Waals surface area contributed by atoms with E-state index in [1.165, 1.54) is 39.9 Å². The first-order valence-electron chi connectivity index (χ1n) is 10.0. The molecule has 0 radical (unpaired) electrons. The molecule has 0 aromatic heterocycles. The van der Waals surface area contributed by atoms with Crippen molar-refractivity contribution in [2.45, 2.75) is 42.5 Å². The minimum absolute atomic E-state index is 0.0635. The number of hydrogen-bond acceptors (Lipinski definition) is 5. The van der Waals surface area contributed by atoms with Gasteiger partial charge in [0.2, 0.25) is 20.0 Å². The molecule has 2 aromatic rings. The molecule has 0 spiro atoms. The molecule has 0 unspecified atom stereocenters. The summed E-state index contributed by atoms with van der Waals surface area (Å²) in [5, 5.41) is 0. The summed E-state index contributed by atoms with van der Waals surface area (Å²) in [5.41, 5.74) is 0.828. The molecule has 30 heavy (non-hydrogen) atoms. The number of rotatable bonds is 8. The molecule has 164 valence electrons. The van der Waals surface area contributed by atoms with Crippen molar-refractivity contribution in [1.29, 1.82) is 0 Å². The molecule has 1 heterocycles. The zero-order valence-electron chi connectivity index (χ0n) is 17.3. The van der Waals surface area contributed by atoms with Gasteiger partial charge in [-0.1, -0.05) is 18.6 Å². The van der Waals surface area contributed by atoms with Gasteiger partial charge in [0.15, 0.2) is 0 Å². The maximum atomic E-state index is 12.9. The van der Waals surface area contributed by atoms with Crippen LogP contribution in [-0.4, -0.2) is 52.2 Å². The van der Waals surface area contributed by atoms with Crippen molar-refractivity contribution < 1.29 is 21.6 Å². The lowest BCUT2D eigenvalue weighted by Gasteiger charge is -2.26. The first-order chi connectivity index (χ1) is 14.2. The first-order valence-corrected chi connectivity index (χ1v) is 12.9. The second-order valence-electron chi connectivity index (χ2n) is 7.27. The van der Waals surface area contributed by atoms with E-state index in [2.05, 4.69) is 0 Å². The summed E-state index contributed by atoms with van der Waals surface area (Å²) in [6.45, 7) is 3.68. The number of hydrogen-bond donors (Lipinski definition) is 0. The van der Waals surface area contributed by atoms with Crippen molar-refractivity contribution in [2.75, 3.05) is 26.7 Å². The number of ether oxygens (including phenoxy) is 1. The van der Waals surface area contributed by atoms with E-state index in [1.54, 1.807) is 12.1 Å². The predicted octanol–water partition coefficient (Wildman–Crippen LogP) is 3.08. The second-order valence-corrected chi connectivity index (χ2v) is 11.3. The molecule has 0 amide bonds. The fraction of sp³-hybridized carbons (Fsp3) is 0.429. The normalized spacial score (nSPS) is 16.0. The third kappa shape index (κ3) is 5.03. The van der Waals surface area contributed by atoms with Gasteiger partial charge in [-0.15, -0.1) is 0 Å². The van der Waals surface area contributed by atoms with Gasteiger partial charge in [0.25, 0.3) is 0 Å². The number of piperidine rings is 1. The Balaban J connectivity index is 1.73. The Morgan fingerprint density at radius 2 is 1.43 bits per heavy atom. The molecule has 0 N–H and O–H groups in total. The van der Waals surface area contributed by atoms with Gasteiger partial charge in [-0.2, -0.15) is 8.61 Å². The fourth-order valence-electron chi connectivity index (χ4n) is 3.42. The monoisotopic (exact) mass is 452 g/mol. The lowest BCUT2D eigenvalue weighted by Crippen LogP contribution is -2.35. The average Bonchev–Trinajstić information content (AvgIpc) is 2.76. The van der Waals surface area contributed by atoms with Gasteiger partial charge in [-0.05, 0) is 61.7 Å². The molecule has 0 saturated carbocycles. The molecular weight excluding hydrogens is 424 g/mol. The maximum Gasteiger partial charge on any atom is 0.243 e. The summed E-state index contributed by atoms with van der Waals surface area (Å²) in [7, 11) is -5.84. The number of benzene rings is 2. The molecule has 1 aliphatic rings. The van der Waals surface area contributed by atoms with E-state index in [0.29, 0.717) is 19.7 Å². The Bertz CT molecular complexity index is 1040. The van der Waals surface area contributed by atoms with Crippen LogP contribution in [0.1, 0.15) is 31.7 Å². The summed E-state index contributed by atoms with van der Waals surface area (Å²) < 4.78 is 59.4. The van der Waals surface area contributed by atoms with E-state index in [-0.39, 0.29) is 16.3 Å². The van der Waals surface area contributed by atoms with Crippen LogP contribution in [0.2, 0.25) is 0 Å². The van der Waals surface area contributed by atoms with Crippen LogP contribution in [0.3, 0.4) is 0 Å². The van der Waals surface area contributed by atoms with Crippen molar-refractivity contribution in [3.05, 3.63) is 54.1 Å². The quantitative estimate of drug-likeness (QED) is 0.615. The molecule has 9 heteroatoms. The van der Waals surface area contributed by atoms with Gasteiger partial charge in [0.1, 0.15) is 5.75 Å². The summed E-state index contributed by atoms with van der Waals surface area (Å²) >= 11 is 0. The zero-order chi connectivity index (χ0) is 21.8. The molecule has 1 fully saturated rings. The highest BCUT2D eigenvalue weighted by atomic mass is 32.2. The van der Waals surface area contributed by atoms with Crippen LogP contribution in [0.4, 0.5) is 0 Å². The molecule has 1 saturated heterocycles. The minimum atomic E-state index is -3.75. The largest absolute Gasteiger partial charge is 0.494 e. The fourth-order valence-corrected chi connectivity index (χ4v) is 6.09. The van der Waals surface area contributed by atoms with Gasteiger partial charge < -0.3 is 4.74 Å². The van der Waals surface area contributed by atoms with Crippen LogP contribution < -0.4 is 4.74 Å². The molecule has 1 aliphatic heterocycles. The lowest BCUT2D eigenvalue weighted by atomic mass is 10.2. The van der Waals surface area contributed by atoms with E-state index in [1.807, 2.05) is 19.1 Å². The van der Waals surface area contributed by atoms with Crippen LogP contribution >= 0.6 is 0 Å². The maximum absolute atomic E-state index is 12.9. The minimum Gasteiger partial charge on any atom is -0.494 e. The van der Waals surface area contributed by atoms with Gasteiger partial charge in [0.05, 0.1) is 16.4 Å². The molecule has 0 bridgehead atoms. The van der Waals surface area contributed by atoms with Crippen LogP contribution in [0.25, 0.3) is 0 Å². The lowest BCUT2D eigenvalue weighted by molar-refractivity contribution is 0.340. The highest BCUT2D eigenvalue weighted by Crippen LogP contribution is 2.24. The number of sulfonamides is 2. The third-order valence-electron chi connectivity index (χ3n) is 5.12. The van der Waals surface area contributed by atoms with Gasteiger partial charge in [-0.25, -0.2) is 16.8 Å². The van der Waals surface area contributed by atoms with Crippen molar-refractivity contribution >= 4 is 20.0 Å². The SMILES string of the molecule is CCOc1ccc(CN(C)S(=O)(=O)c2ccc(S(=O)(=O)N3CCCCC3)cc2)cc1. The van der Waals surface area contributed by atoms with Crippen molar-refractivity contribution in [3.63, 3.8) is 0 Å². The van der Waals surface area contributed by atoms with E-state index in [0.717, 1.165) is 30.6 Å². The summed E-state index contributed by atoms with van der Waals surface area (Å²) in [5.74, 6) is 0.734. The van der Waals surface area contributed by atoms with Crippen LogP contribution in [0.5, 0.6) is 5.75 Å². The predicted molar refractivity (Wildman–Crippen MR) is 115 cm³/mol.